The topological polar surface area (TPSA) is 72.0 Å². The molecule has 2 aromatic heterocycles. The van der Waals surface area contributed by atoms with Gasteiger partial charge in [-0.05, 0) is 19.1 Å². The molecule has 1 N–H and O–H groups in total. The van der Waals surface area contributed by atoms with Crippen LogP contribution in [0.25, 0.3) is 0 Å². The van der Waals surface area contributed by atoms with Crippen LogP contribution in [-0.4, -0.2) is 18.4 Å². The van der Waals surface area contributed by atoms with Gasteiger partial charge in [-0.15, -0.1) is 11.3 Å². The van der Waals surface area contributed by atoms with Crippen LogP contribution in [0.2, 0.25) is 0 Å². The molecule has 2 heterocycles. The molecule has 90 valence electrons. The lowest BCUT2D eigenvalue weighted by Gasteiger charge is -2.04. The predicted octanol–water partition coefficient (Wildman–Crippen LogP) is 1.33. The molecule has 0 fully saturated rings. The molecule has 0 aliphatic carbocycles. The van der Waals surface area contributed by atoms with Crippen LogP contribution in [-0.2, 0) is 16.6 Å². The van der Waals surface area contributed by atoms with Gasteiger partial charge in [0, 0.05) is 30.0 Å². The lowest BCUT2D eigenvalue weighted by molar-refractivity contribution is 0.581. The Balaban J connectivity index is 2.09. The summed E-state index contributed by atoms with van der Waals surface area (Å²) in [7, 11) is -3.48. The second-order valence-electron chi connectivity index (χ2n) is 3.36. The third-order valence-corrected chi connectivity index (χ3v) is 4.35. The van der Waals surface area contributed by atoms with Crippen molar-refractivity contribution in [2.45, 2.75) is 18.4 Å². The largest absolute Gasteiger partial charge is 0.263 e. The Morgan fingerprint density at radius 3 is 2.82 bits per heavy atom. The molecule has 2 aromatic rings. The van der Waals surface area contributed by atoms with Crippen molar-refractivity contribution in [1.29, 1.82) is 0 Å². The quantitative estimate of drug-likeness (QED) is 0.908. The summed E-state index contributed by atoms with van der Waals surface area (Å²) in [5, 5.41) is 0.917. The van der Waals surface area contributed by atoms with Crippen molar-refractivity contribution in [1.82, 2.24) is 14.7 Å². The average molecular weight is 269 g/mol. The molecule has 5 nitrogen and oxygen atoms in total. The van der Waals surface area contributed by atoms with Gasteiger partial charge in [0.25, 0.3) is 0 Å². The van der Waals surface area contributed by atoms with Gasteiger partial charge in [0.1, 0.15) is 4.90 Å². The van der Waals surface area contributed by atoms with Crippen LogP contribution in [0.15, 0.2) is 35.6 Å². The maximum absolute atomic E-state index is 11.8. The first kappa shape index (κ1) is 12.2. The Hall–Kier alpha value is -1.31. The third kappa shape index (κ3) is 3.09. The van der Waals surface area contributed by atoms with Gasteiger partial charge in [0.2, 0.25) is 10.0 Å². The van der Waals surface area contributed by atoms with Crippen LogP contribution in [0.1, 0.15) is 9.88 Å². The normalized spacial score (nSPS) is 11.6. The van der Waals surface area contributed by atoms with Crippen LogP contribution in [0.4, 0.5) is 0 Å². The molecule has 0 aliphatic rings. The van der Waals surface area contributed by atoms with Crippen molar-refractivity contribution in [3.63, 3.8) is 0 Å². The van der Waals surface area contributed by atoms with Gasteiger partial charge in [-0.2, -0.15) is 0 Å². The fourth-order valence-corrected chi connectivity index (χ4v) is 3.04. The molecule has 0 saturated carbocycles. The highest BCUT2D eigenvalue weighted by Crippen LogP contribution is 2.12. The fraction of sp³-hybridized carbons (Fsp3) is 0.200. The van der Waals surface area contributed by atoms with E-state index in [1.165, 1.54) is 29.8 Å². The van der Waals surface area contributed by atoms with E-state index in [4.69, 9.17) is 0 Å². The molecule has 0 radical (unpaired) electrons. The molecule has 7 heteroatoms. The number of hydrogen-bond donors (Lipinski definition) is 1. The first-order chi connectivity index (χ1) is 8.08. The van der Waals surface area contributed by atoms with Crippen LogP contribution < -0.4 is 4.72 Å². The van der Waals surface area contributed by atoms with Gasteiger partial charge in [-0.1, -0.05) is 0 Å². The maximum Gasteiger partial charge on any atom is 0.242 e. The Morgan fingerprint density at radius 2 is 2.24 bits per heavy atom. The minimum absolute atomic E-state index is 0.168. The zero-order valence-corrected chi connectivity index (χ0v) is 10.8. The number of aromatic nitrogens is 2. The summed E-state index contributed by atoms with van der Waals surface area (Å²) < 4.78 is 26.2. The van der Waals surface area contributed by atoms with E-state index in [1.807, 2.05) is 6.92 Å². The minimum Gasteiger partial charge on any atom is -0.263 e. The summed E-state index contributed by atoms with van der Waals surface area (Å²) in [6.07, 6.45) is 4.53. The second-order valence-corrected chi connectivity index (χ2v) is 6.45. The number of rotatable bonds is 4. The first-order valence-corrected chi connectivity index (χ1v) is 7.19. The Bertz CT molecular complexity index is 593. The highest BCUT2D eigenvalue weighted by Gasteiger charge is 2.13. The summed E-state index contributed by atoms with van der Waals surface area (Å²) in [6.45, 7) is 2.13. The number of nitrogens with zero attached hydrogens (tertiary/aromatic N) is 2. The zero-order chi connectivity index (χ0) is 12.3. The highest BCUT2D eigenvalue weighted by atomic mass is 32.2. The second kappa shape index (κ2) is 4.91. The fourth-order valence-electron chi connectivity index (χ4n) is 1.24. The van der Waals surface area contributed by atoms with Crippen molar-refractivity contribution in [3.8, 4) is 0 Å². The molecule has 2 rings (SSSR count). The maximum atomic E-state index is 11.8. The smallest absolute Gasteiger partial charge is 0.242 e. The number of aryl methyl sites for hydroxylation is 1. The van der Waals surface area contributed by atoms with E-state index in [2.05, 4.69) is 14.7 Å². The van der Waals surface area contributed by atoms with Gasteiger partial charge in [0.15, 0.2) is 0 Å². The van der Waals surface area contributed by atoms with E-state index < -0.39 is 10.0 Å². The SMILES string of the molecule is Cc1ncc(CNS(=O)(=O)c2cccnc2)s1. The average Bonchev–Trinajstić information content (AvgIpc) is 2.74. The lowest BCUT2D eigenvalue weighted by atomic mass is 10.5. The monoisotopic (exact) mass is 269 g/mol. The van der Waals surface area contributed by atoms with Crippen LogP contribution in [0, 0.1) is 6.92 Å². The van der Waals surface area contributed by atoms with Crippen LogP contribution >= 0.6 is 11.3 Å². The number of thiazole rings is 1. The molecule has 0 unspecified atom stereocenters. The summed E-state index contributed by atoms with van der Waals surface area (Å²) >= 11 is 1.47. The van der Waals surface area contributed by atoms with E-state index in [-0.39, 0.29) is 11.4 Å². The number of pyridine rings is 1. The number of sulfonamides is 1. The van der Waals surface area contributed by atoms with Gasteiger partial charge in [-0.25, -0.2) is 18.1 Å². The zero-order valence-electron chi connectivity index (χ0n) is 9.12. The molecule has 0 amide bonds. The predicted molar refractivity (Wildman–Crippen MR) is 65.1 cm³/mol. The van der Waals surface area contributed by atoms with Crippen molar-refractivity contribution in [2.75, 3.05) is 0 Å². The van der Waals surface area contributed by atoms with Crippen LogP contribution in [0.3, 0.4) is 0 Å². The summed E-state index contributed by atoms with van der Waals surface area (Å²) in [6, 6.07) is 3.10. The molecule has 0 aliphatic heterocycles. The van der Waals surface area contributed by atoms with Gasteiger partial charge >= 0.3 is 0 Å². The van der Waals surface area contributed by atoms with Gasteiger partial charge in [-0.3, -0.25) is 4.98 Å². The Labute approximate surface area is 104 Å². The van der Waals surface area contributed by atoms with E-state index in [1.54, 1.807) is 12.3 Å². The Morgan fingerprint density at radius 1 is 1.41 bits per heavy atom. The standard InChI is InChI=1S/C10H11N3O2S2/c1-8-12-5-9(16-8)6-13-17(14,15)10-3-2-4-11-7-10/h2-5,7,13H,6H2,1H3. The van der Waals surface area contributed by atoms with Gasteiger partial charge in [0.05, 0.1) is 5.01 Å². The summed E-state index contributed by atoms with van der Waals surface area (Å²) in [4.78, 5) is 8.89. The first-order valence-electron chi connectivity index (χ1n) is 4.89. The minimum atomic E-state index is -3.48. The summed E-state index contributed by atoms with van der Waals surface area (Å²) in [5.74, 6) is 0. The van der Waals surface area contributed by atoms with Crippen molar-refractivity contribution >= 4 is 21.4 Å². The van der Waals surface area contributed by atoms with Crippen LogP contribution in [0.5, 0.6) is 0 Å². The van der Waals surface area contributed by atoms with E-state index in [0.717, 1.165) is 9.88 Å². The summed E-state index contributed by atoms with van der Waals surface area (Å²) in [5.41, 5.74) is 0. The Kier molecular flexibility index (Phi) is 3.51. The number of hydrogen-bond acceptors (Lipinski definition) is 5. The van der Waals surface area contributed by atoms with Gasteiger partial charge < -0.3 is 0 Å². The molecule has 0 spiro atoms. The van der Waals surface area contributed by atoms with Crippen molar-refractivity contribution in [3.05, 3.63) is 40.6 Å². The lowest BCUT2D eigenvalue weighted by Crippen LogP contribution is -2.22. The van der Waals surface area contributed by atoms with E-state index in [9.17, 15) is 8.42 Å². The molecular weight excluding hydrogens is 258 g/mol. The van der Waals surface area contributed by atoms with E-state index in [0.29, 0.717) is 0 Å². The molecule has 0 bridgehead atoms. The third-order valence-electron chi connectivity index (χ3n) is 2.05. The van der Waals surface area contributed by atoms with E-state index >= 15 is 0 Å². The highest BCUT2D eigenvalue weighted by molar-refractivity contribution is 7.89. The molecule has 0 saturated heterocycles. The molecule has 0 atom stereocenters. The molecular formula is C10H11N3O2S2. The van der Waals surface area contributed by atoms with Crippen molar-refractivity contribution in [2.24, 2.45) is 0 Å². The van der Waals surface area contributed by atoms with Crippen molar-refractivity contribution < 1.29 is 8.42 Å². The number of nitrogens with one attached hydrogen (secondary N) is 1. The molecule has 17 heavy (non-hydrogen) atoms. The molecule has 0 aromatic carbocycles.